The van der Waals surface area contributed by atoms with Crippen LogP contribution in [0.25, 0.3) is 0 Å². The van der Waals surface area contributed by atoms with E-state index >= 15 is 0 Å². The minimum atomic E-state index is -0.0300. The van der Waals surface area contributed by atoms with Crippen LogP contribution in [0.3, 0.4) is 0 Å². The Bertz CT molecular complexity index is 723. The van der Waals surface area contributed by atoms with Crippen LogP contribution < -0.4 is 5.32 Å². The van der Waals surface area contributed by atoms with Gasteiger partial charge in [0.2, 0.25) is 11.8 Å². The number of aryl methyl sites for hydroxylation is 1. The lowest BCUT2D eigenvalue weighted by atomic mass is 9.91. The Morgan fingerprint density at radius 3 is 2.50 bits per heavy atom. The molecule has 3 aliphatic rings. The Balaban J connectivity index is 1.23. The van der Waals surface area contributed by atoms with Gasteiger partial charge in [-0.3, -0.25) is 14.5 Å². The lowest BCUT2D eigenvalue weighted by molar-refractivity contribution is -0.140. The zero-order valence-corrected chi connectivity index (χ0v) is 19.1. The number of thiazole rings is 1. The molecular weight excluding hydrogens is 396 g/mol. The predicted octanol–water partition coefficient (Wildman–Crippen LogP) is 3.35. The van der Waals surface area contributed by atoms with Crippen molar-refractivity contribution in [2.45, 2.75) is 77.3 Å². The molecule has 166 valence electrons. The van der Waals surface area contributed by atoms with Crippen LogP contribution in [0.2, 0.25) is 0 Å². The highest BCUT2D eigenvalue weighted by Crippen LogP contribution is 2.26. The normalized spacial score (nSPS) is 24.7. The molecule has 0 aromatic carbocycles. The number of carbonyl (C=O) groups is 2. The maximum atomic E-state index is 13.1. The van der Waals surface area contributed by atoms with Crippen molar-refractivity contribution in [1.82, 2.24) is 20.1 Å². The van der Waals surface area contributed by atoms with Gasteiger partial charge in [0.1, 0.15) is 0 Å². The Morgan fingerprint density at radius 2 is 1.80 bits per heavy atom. The van der Waals surface area contributed by atoms with E-state index in [0.29, 0.717) is 12.6 Å². The van der Waals surface area contributed by atoms with Crippen molar-refractivity contribution >= 4 is 23.2 Å². The Kier molecular flexibility index (Phi) is 7.41. The van der Waals surface area contributed by atoms with Crippen molar-refractivity contribution in [3.05, 3.63) is 16.1 Å². The third kappa shape index (κ3) is 5.61. The monoisotopic (exact) mass is 432 g/mol. The third-order valence-corrected chi connectivity index (χ3v) is 7.87. The molecule has 3 heterocycles. The second kappa shape index (κ2) is 10.2. The molecule has 30 heavy (non-hydrogen) atoms. The molecule has 0 radical (unpaired) electrons. The lowest BCUT2D eigenvalue weighted by Gasteiger charge is -2.37. The highest BCUT2D eigenvalue weighted by Gasteiger charge is 2.34. The first-order valence-corrected chi connectivity index (χ1v) is 12.7. The average Bonchev–Trinajstić information content (AvgIpc) is 3.19. The van der Waals surface area contributed by atoms with Crippen LogP contribution in [0.1, 0.15) is 68.5 Å². The predicted molar refractivity (Wildman–Crippen MR) is 119 cm³/mol. The smallest absolute Gasteiger partial charge is 0.225 e. The van der Waals surface area contributed by atoms with E-state index in [0.717, 1.165) is 75.4 Å². The van der Waals surface area contributed by atoms with Crippen molar-refractivity contribution in [3.8, 4) is 0 Å². The first-order chi connectivity index (χ1) is 14.6. The van der Waals surface area contributed by atoms with Crippen LogP contribution >= 0.6 is 11.3 Å². The highest BCUT2D eigenvalue weighted by atomic mass is 32.1. The molecule has 3 fully saturated rings. The minimum absolute atomic E-state index is 0.0300. The summed E-state index contributed by atoms with van der Waals surface area (Å²) in [5.74, 6) is 0.526. The Hall–Kier alpha value is -1.47. The zero-order chi connectivity index (χ0) is 20.9. The van der Waals surface area contributed by atoms with Gasteiger partial charge in [-0.15, -0.1) is 11.3 Å². The molecule has 0 bridgehead atoms. The number of nitrogens with zero attached hydrogens (tertiary/aromatic N) is 3. The first kappa shape index (κ1) is 21.8. The highest BCUT2D eigenvalue weighted by molar-refractivity contribution is 7.09. The van der Waals surface area contributed by atoms with Crippen molar-refractivity contribution in [1.29, 1.82) is 0 Å². The van der Waals surface area contributed by atoms with Gasteiger partial charge >= 0.3 is 0 Å². The van der Waals surface area contributed by atoms with Crippen LogP contribution in [0.5, 0.6) is 0 Å². The van der Waals surface area contributed by atoms with E-state index in [4.69, 9.17) is 0 Å². The fourth-order valence-corrected chi connectivity index (χ4v) is 5.87. The molecular formula is C23H36N4O2S. The fraction of sp³-hybridized carbons (Fsp3) is 0.783. The number of rotatable bonds is 5. The van der Waals surface area contributed by atoms with Gasteiger partial charge in [0.25, 0.3) is 0 Å². The number of amides is 2. The van der Waals surface area contributed by atoms with Crippen molar-refractivity contribution in [3.63, 3.8) is 0 Å². The molecule has 4 rings (SSSR count). The van der Waals surface area contributed by atoms with Crippen molar-refractivity contribution in [2.24, 2.45) is 11.8 Å². The van der Waals surface area contributed by atoms with Crippen molar-refractivity contribution < 1.29 is 9.59 Å². The number of carbonyl (C=O) groups excluding carboxylic acids is 2. The molecule has 6 nitrogen and oxygen atoms in total. The topological polar surface area (TPSA) is 65.5 Å². The molecule has 0 spiro atoms. The average molecular weight is 433 g/mol. The number of hydrogen-bond acceptors (Lipinski definition) is 5. The number of aromatic nitrogens is 1. The second-order valence-corrected chi connectivity index (χ2v) is 10.4. The van der Waals surface area contributed by atoms with E-state index in [9.17, 15) is 9.59 Å². The van der Waals surface area contributed by atoms with E-state index in [1.165, 1.54) is 19.3 Å². The number of hydrogen-bond donors (Lipinski definition) is 1. The first-order valence-electron chi connectivity index (χ1n) is 11.8. The maximum Gasteiger partial charge on any atom is 0.225 e. The van der Waals surface area contributed by atoms with E-state index < -0.39 is 0 Å². The molecule has 2 amide bonds. The quantitative estimate of drug-likeness (QED) is 0.775. The van der Waals surface area contributed by atoms with Gasteiger partial charge in [-0.1, -0.05) is 19.3 Å². The number of piperidine rings is 2. The van der Waals surface area contributed by atoms with E-state index in [1.54, 1.807) is 11.3 Å². The minimum Gasteiger partial charge on any atom is -0.353 e. The molecule has 1 saturated carbocycles. The molecule has 1 N–H and O–H groups in total. The molecule has 1 aromatic rings. The molecule has 2 aliphatic heterocycles. The van der Waals surface area contributed by atoms with Gasteiger partial charge in [0.05, 0.1) is 16.6 Å². The van der Waals surface area contributed by atoms with Crippen molar-refractivity contribution in [2.75, 3.05) is 26.2 Å². The van der Waals surface area contributed by atoms with E-state index in [-0.39, 0.29) is 23.7 Å². The van der Waals surface area contributed by atoms with Gasteiger partial charge < -0.3 is 10.2 Å². The number of likely N-dealkylation sites (tertiary alicyclic amines) is 2. The molecule has 7 heteroatoms. The van der Waals surface area contributed by atoms with E-state index in [1.807, 2.05) is 11.8 Å². The van der Waals surface area contributed by atoms with Gasteiger partial charge in [-0.05, 0) is 58.5 Å². The summed E-state index contributed by atoms with van der Waals surface area (Å²) in [7, 11) is 0. The van der Waals surface area contributed by atoms with Crippen LogP contribution in [0.4, 0.5) is 0 Å². The zero-order valence-electron chi connectivity index (χ0n) is 18.3. The summed E-state index contributed by atoms with van der Waals surface area (Å²) in [4.78, 5) is 34.9. The lowest BCUT2D eigenvalue weighted by Crippen LogP contribution is -2.50. The summed E-state index contributed by atoms with van der Waals surface area (Å²) >= 11 is 1.70. The summed E-state index contributed by atoms with van der Waals surface area (Å²) in [6, 6.07) is 0.350. The van der Waals surface area contributed by atoms with Crippen LogP contribution in [-0.2, 0) is 16.1 Å². The summed E-state index contributed by atoms with van der Waals surface area (Å²) in [6.07, 6.45) is 9.64. The SMILES string of the molecule is Cc1nc(CN2CCC(C(=O)N3CCCC(C(=O)NC4CCCCC4)C3)CC2)cs1. The van der Waals surface area contributed by atoms with Gasteiger partial charge in [-0.2, -0.15) is 0 Å². The molecule has 1 unspecified atom stereocenters. The summed E-state index contributed by atoms with van der Waals surface area (Å²) in [6.45, 7) is 6.25. The second-order valence-electron chi connectivity index (χ2n) is 9.38. The molecule has 1 atom stereocenters. The van der Waals surface area contributed by atoms with Crippen LogP contribution in [0, 0.1) is 18.8 Å². The van der Waals surface area contributed by atoms with Gasteiger partial charge in [0.15, 0.2) is 0 Å². The summed E-state index contributed by atoms with van der Waals surface area (Å²) in [5, 5.41) is 6.52. The van der Waals surface area contributed by atoms with Gasteiger partial charge in [0, 0.05) is 37.0 Å². The summed E-state index contributed by atoms with van der Waals surface area (Å²) < 4.78 is 0. The fourth-order valence-electron chi connectivity index (χ4n) is 5.26. The summed E-state index contributed by atoms with van der Waals surface area (Å²) in [5.41, 5.74) is 1.14. The molecule has 2 saturated heterocycles. The largest absolute Gasteiger partial charge is 0.353 e. The standard InChI is InChI=1S/C23H36N4O2S/c1-17-24-21(16-30-17)15-26-12-9-18(10-13-26)23(29)27-11-5-6-19(14-27)22(28)25-20-7-3-2-4-8-20/h16,18-20H,2-15H2,1H3,(H,25,28). The van der Waals surface area contributed by atoms with E-state index in [2.05, 4.69) is 20.6 Å². The third-order valence-electron chi connectivity index (χ3n) is 7.04. The van der Waals surface area contributed by atoms with Gasteiger partial charge in [-0.25, -0.2) is 4.98 Å². The van der Waals surface area contributed by atoms with Crippen LogP contribution in [-0.4, -0.2) is 58.8 Å². The molecule has 1 aromatic heterocycles. The number of nitrogens with one attached hydrogen (secondary N) is 1. The Labute approximate surface area is 184 Å². The van der Waals surface area contributed by atoms with Crippen LogP contribution in [0.15, 0.2) is 5.38 Å². The molecule has 1 aliphatic carbocycles. The Morgan fingerprint density at radius 1 is 1.03 bits per heavy atom. The maximum absolute atomic E-state index is 13.1.